The van der Waals surface area contributed by atoms with Crippen molar-refractivity contribution >= 4 is 23.4 Å². The first-order chi connectivity index (χ1) is 12.1. The van der Waals surface area contributed by atoms with E-state index in [-0.39, 0.29) is 30.9 Å². The molecule has 1 aromatic rings. The molecule has 0 aliphatic carbocycles. The average molecular weight is 364 g/mol. The number of nitrogens with zero attached hydrogens (tertiary/aromatic N) is 1. The van der Waals surface area contributed by atoms with Crippen molar-refractivity contribution < 1.29 is 19.1 Å². The van der Waals surface area contributed by atoms with E-state index in [1.165, 1.54) is 4.90 Å². The third-order valence-corrected chi connectivity index (χ3v) is 3.71. The van der Waals surface area contributed by atoms with Crippen molar-refractivity contribution in [2.45, 2.75) is 26.8 Å². The van der Waals surface area contributed by atoms with Crippen molar-refractivity contribution in [1.29, 1.82) is 0 Å². The molecule has 3 amide bonds. The Morgan fingerprint density at radius 2 is 1.88 bits per heavy atom. The number of amides is 3. The third kappa shape index (κ3) is 6.72. The zero-order chi connectivity index (χ0) is 19.9. The van der Waals surface area contributed by atoms with Crippen LogP contribution >= 0.6 is 0 Å². The Morgan fingerprint density at radius 3 is 2.46 bits per heavy atom. The molecule has 0 bridgehead atoms. The number of carbonyl (C=O) groups excluding carboxylic acids is 3. The van der Waals surface area contributed by atoms with E-state index in [1.54, 1.807) is 26.2 Å². The predicted molar refractivity (Wildman–Crippen MR) is 99.8 cm³/mol. The van der Waals surface area contributed by atoms with Crippen LogP contribution < -0.4 is 21.1 Å². The van der Waals surface area contributed by atoms with Crippen LogP contribution in [0.15, 0.2) is 18.2 Å². The first kappa shape index (κ1) is 21.4. The Hall–Kier alpha value is -2.61. The summed E-state index contributed by atoms with van der Waals surface area (Å²) in [5, 5.41) is 5.17. The molecular formula is C18H28N4O4. The van der Waals surface area contributed by atoms with Crippen molar-refractivity contribution in [2.24, 2.45) is 11.7 Å². The number of nitrogens with one attached hydrogen (secondary N) is 2. The zero-order valence-corrected chi connectivity index (χ0v) is 16.0. The molecule has 8 heteroatoms. The molecule has 1 aromatic carbocycles. The highest BCUT2D eigenvalue weighted by atomic mass is 16.5. The van der Waals surface area contributed by atoms with Crippen molar-refractivity contribution in [1.82, 2.24) is 10.2 Å². The standard InChI is InChI=1S/C18H28N4O4/c1-11(2)17(19)18(25)20-9-15(23)21-13-7-6-12(3)8-14(13)26-10-16(24)22(4)5/h6-8,11,17H,9-10,19H2,1-5H3,(H,20,25)(H,21,23)/t17-/m0/s1. The lowest BCUT2D eigenvalue weighted by atomic mass is 10.1. The second-order valence-corrected chi connectivity index (χ2v) is 6.61. The summed E-state index contributed by atoms with van der Waals surface area (Å²) in [6.07, 6.45) is 0. The first-order valence-electron chi connectivity index (χ1n) is 8.38. The smallest absolute Gasteiger partial charge is 0.259 e. The third-order valence-electron chi connectivity index (χ3n) is 3.71. The van der Waals surface area contributed by atoms with Gasteiger partial charge < -0.3 is 26.0 Å². The van der Waals surface area contributed by atoms with Crippen LogP contribution in [0.1, 0.15) is 19.4 Å². The number of ether oxygens (including phenoxy) is 1. The SMILES string of the molecule is Cc1ccc(NC(=O)CNC(=O)[C@@H](N)C(C)C)c(OCC(=O)N(C)C)c1. The number of hydrogen-bond acceptors (Lipinski definition) is 5. The van der Waals surface area contributed by atoms with E-state index < -0.39 is 11.9 Å². The second kappa shape index (κ2) is 9.76. The fourth-order valence-corrected chi connectivity index (χ4v) is 1.90. The number of hydrogen-bond donors (Lipinski definition) is 3. The van der Waals surface area contributed by atoms with Crippen molar-refractivity contribution in [3.8, 4) is 5.75 Å². The Balaban J connectivity index is 2.69. The van der Waals surface area contributed by atoms with Gasteiger partial charge in [0, 0.05) is 14.1 Å². The van der Waals surface area contributed by atoms with E-state index in [0.717, 1.165) is 5.56 Å². The number of anilines is 1. The Bertz CT molecular complexity index is 659. The largest absolute Gasteiger partial charge is 0.482 e. The fraction of sp³-hybridized carbons (Fsp3) is 0.500. The minimum absolute atomic E-state index is 0.0237. The fourth-order valence-electron chi connectivity index (χ4n) is 1.90. The highest BCUT2D eigenvalue weighted by Gasteiger charge is 2.18. The maximum absolute atomic E-state index is 12.1. The van der Waals surface area contributed by atoms with Crippen LogP contribution in [-0.2, 0) is 14.4 Å². The van der Waals surface area contributed by atoms with E-state index in [4.69, 9.17) is 10.5 Å². The van der Waals surface area contributed by atoms with E-state index in [2.05, 4.69) is 10.6 Å². The number of aryl methyl sites for hydroxylation is 1. The van der Waals surface area contributed by atoms with E-state index >= 15 is 0 Å². The minimum atomic E-state index is -0.668. The molecule has 26 heavy (non-hydrogen) atoms. The van der Waals surface area contributed by atoms with Crippen molar-refractivity contribution in [3.05, 3.63) is 23.8 Å². The molecule has 1 atom stereocenters. The van der Waals surface area contributed by atoms with Gasteiger partial charge in [-0.25, -0.2) is 0 Å². The number of nitrogens with two attached hydrogens (primary N) is 1. The second-order valence-electron chi connectivity index (χ2n) is 6.61. The molecule has 0 spiro atoms. The summed E-state index contributed by atoms with van der Waals surface area (Å²) in [7, 11) is 3.27. The zero-order valence-electron chi connectivity index (χ0n) is 16.0. The molecule has 0 unspecified atom stereocenters. The summed E-state index contributed by atoms with van der Waals surface area (Å²) in [5.41, 5.74) is 7.08. The summed E-state index contributed by atoms with van der Waals surface area (Å²) in [6.45, 7) is 5.19. The van der Waals surface area contributed by atoms with Crippen LogP contribution in [0.3, 0.4) is 0 Å². The molecule has 1 rings (SSSR count). The van der Waals surface area contributed by atoms with E-state index in [1.807, 2.05) is 26.8 Å². The van der Waals surface area contributed by atoms with Crippen LogP contribution in [0, 0.1) is 12.8 Å². The summed E-state index contributed by atoms with van der Waals surface area (Å²) < 4.78 is 5.52. The van der Waals surface area contributed by atoms with Gasteiger partial charge >= 0.3 is 0 Å². The summed E-state index contributed by atoms with van der Waals surface area (Å²) >= 11 is 0. The van der Waals surface area contributed by atoms with Crippen LogP contribution in [0.25, 0.3) is 0 Å². The van der Waals surface area contributed by atoms with Gasteiger partial charge in [0.1, 0.15) is 5.75 Å². The Kier molecular flexibility index (Phi) is 8.05. The van der Waals surface area contributed by atoms with Gasteiger partial charge in [-0.05, 0) is 30.5 Å². The van der Waals surface area contributed by atoms with Gasteiger partial charge in [0.15, 0.2) is 6.61 Å². The highest BCUT2D eigenvalue weighted by molar-refractivity contribution is 5.96. The lowest BCUT2D eigenvalue weighted by molar-refractivity contribution is -0.130. The van der Waals surface area contributed by atoms with Gasteiger partial charge in [-0.1, -0.05) is 19.9 Å². The maximum atomic E-state index is 12.1. The topological polar surface area (TPSA) is 114 Å². The first-order valence-corrected chi connectivity index (χ1v) is 8.38. The van der Waals surface area contributed by atoms with Crippen LogP contribution in [0.2, 0.25) is 0 Å². The number of rotatable bonds is 8. The normalized spacial score (nSPS) is 11.7. The maximum Gasteiger partial charge on any atom is 0.259 e. The van der Waals surface area contributed by atoms with Gasteiger partial charge in [0.2, 0.25) is 11.8 Å². The monoisotopic (exact) mass is 364 g/mol. The summed E-state index contributed by atoms with van der Waals surface area (Å²) in [6, 6.07) is 4.55. The van der Waals surface area contributed by atoms with Crippen LogP contribution in [-0.4, -0.2) is 55.9 Å². The molecule has 0 heterocycles. The van der Waals surface area contributed by atoms with Gasteiger partial charge in [0.05, 0.1) is 18.3 Å². The number of benzene rings is 1. The Labute approximate surface area is 154 Å². The lowest BCUT2D eigenvalue weighted by Crippen LogP contribution is -2.46. The van der Waals surface area contributed by atoms with Crippen molar-refractivity contribution in [3.63, 3.8) is 0 Å². The lowest BCUT2D eigenvalue weighted by Gasteiger charge is -2.17. The molecular weight excluding hydrogens is 336 g/mol. The summed E-state index contributed by atoms with van der Waals surface area (Å²) in [4.78, 5) is 37.0. The molecule has 8 nitrogen and oxygen atoms in total. The molecule has 0 radical (unpaired) electrons. The molecule has 0 aromatic heterocycles. The van der Waals surface area contributed by atoms with E-state index in [9.17, 15) is 14.4 Å². The Morgan fingerprint density at radius 1 is 1.23 bits per heavy atom. The molecule has 0 aliphatic heterocycles. The van der Waals surface area contributed by atoms with E-state index in [0.29, 0.717) is 11.4 Å². The molecule has 144 valence electrons. The summed E-state index contributed by atoms with van der Waals surface area (Å²) in [5.74, 6) is -0.629. The van der Waals surface area contributed by atoms with Gasteiger partial charge in [0.25, 0.3) is 5.91 Å². The number of likely N-dealkylation sites (N-methyl/N-ethyl adjacent to an activating group) is 1. The minimum Gasteiger partial charge on any atom is -0.482 e. The average Bonchev–Trinajstić information content (AvgIpc) is 2.58. The molecule has 0 aliphatic rings. The van der Waals surface area contributed by atoms with Crippen LogP contribution in [0.4, 0.5) is 5.69 Å². The molecule has 4 N–H and O–H groups in total. The number of carbonyl (C=O) groups is 3. The molecule has 0 saturated heterocycles. The predicted octanol–water partition coefficient (Wildman–Crippen LogP) is 0.500. The van der Waals surface area contributed by atoms with Crippen molar-refractivity contribution in [2.75, 3.05) is 32.6 Å². The quantitative estimate of drug-likeness (QED) is 0.622. The van der Waals surface area contributed by atoms with Gasteiger partial charge in [-0.3, -0.25) is 14.4 Å². The molecule has 0 saturated carbocycles. The van der Waals surface area contributed by atoms with Crippen LogP contribution in [0.5, 0.6) is 5.75 Å². The highest BCUT2D eigenvalue weighted by Crippen LogP contribution is 2.25. The van der Waals surface area contributed by atoms with Gasteiger partial charge in [-0.15, -0.1) is 0 Å². The molecule has 0 fully saturated rings. The van der Waals surface area contributed by atoms with Gasteiger partial charge in [-0.2, -0.15) is 0 Å².